The van der Waals surface area contributed by atoms with Gasteiger partial charge in [0.2, 0.25) is 5.91 Å². The molecule has 4 aromatic rings. The van der Waals surface area contributed by atoms with E-state index in [1.54, 1.807) is 13.0 Å². The highest BCUT2D eigenvalue weighted by atomic mass is 19.1. The number of para-hydroxylation sites is 1. The molecule has 2 N–H and O–H groups in total. The van der Waals surface area contributed by atoms with Crippen LogP contribution < -0.4 is 10.6 Å². The van der Waals surface area contributed by atoms with Crippen LogP contribution in [-0.2, 0) is 11.2 Å². The molecule has 1 aliphatic rings. The lowest BCUT2D eigenvalue weighted by Gasteiger charge is -2.31. The van der Waals surface area contributed by atoms with Crippen molar-refractivity contribution in [2.45, 2.75) is 39.0 Å². The Balaban J connectivity index is 1.24. The molecule has 0 saturated carbocycles. The summed E-state index contributed by atoms with van der Waals surface area (Å²) < 4.78 is 14.4. The van der Waals surface area contributed by atoms with Gasteiger partial charge in [-0.3, -0.25) is 19.6 Å². The molecule has 5 rings (SSSR count). The van der Waals surface area contributed by atoms with Crippen LogP contribution in [0, 0.1) is 11.7 Å². The number of carbonyl (C=O) groups is 2. The lowest BCUT2D eigenvalue weighted by atomic mass is 9.92. The topological polar surface area (TPSA) is 113 Å². The first kappa shape index (κ1) is 28.1. The van der Waals surface area contributed by atoms with Crippen molar-refractivity contribution in [3.8, 4) is 11.3 Å². The van der Waals surface area contributed by atoms with Crippen molar-refractivity contribution in [3.05, 3.63) is 77.8 Å². The van der Waals surface area contributed by atoms with Crippen LogP contribution in [0.25, 0.3) is 22.2 Å². The molecule has 2 amide bonds. The number of piperidine rings is 1. The van der Waals surface area contributed by atoms with Crippen LogP contribution in [0.2, 0.25) is 0 Å². The third-order valence-corrected chi connectivity index (χ3v) is 7.80. The van der Waals surface area contributed by atoms with Crippen molar-refractivity contribution in [2.24, 2.45) is 5.92 Å². The molecular formula is C31H34FN7O2. The van der Waals surface area contributed by atoms with Gasteiger partial charge in [0.1, 0.15) is 12.1 Å². The van der Waals surface area contributed by atoms with Crippen LogP contribution in [0.4, 0.5) is 10.2 Å². The molecule has 1 atom stereocenters. The number of amides is 2. The molecule has 1 unspecified atom stereocenters. The van der Waals surface area contributed by atoms with E-state index in [0.717, 1.165) is 61.1 Å². The summed E-state index contributed by atoms with van der Waals surface area (Å²) in [4.78, 5) is 43.6. The zero-order valence-electron chi connectivity index (χ0n) is 23.5. The number of halogens is 1. The summed E-state index contributed by atoms with van der Waals surface area (Å²) in [6.07, 6.45) is 7.38. The minimum absolute atomic E-state index is 0.00190. The molecule has 212 valence electrons. The van der Waals surface area contributed by atoms with E-state index in [-0.39, 0.29) is 17.4 Å². The molecule has 1 aromatic carbocycles. The van der Waals surface area contributed by atoms with E-state index in [1.807, 2.05) is 48.4 Å². The number of hydrogen-bond donors (Lipinski definition) is 2. The number of likely N-dealkylation sites (tertiary alicyclic amines) is 1. The summed E-state index contributed by atoms with van der Waals surface area (Å²) >= 11 is 0. The minimum atomic E-state index is -0.647. The number of rotatable bonds is 8. The highest BCUT2D eigenvalue weighted by molar-refractivity contribution is 6.06. The molecular weight excluding hydrogens is 521 g/mol. The molecule has 3 aromatic heterocycles. The number of fused-ring (bicyclic) bond motifs is 1. The van der Waals surface area contributed by atoms with E-state index >= 15 is 0 Å². The van der Waals surface area contributed by atoms with E-state index in [0.29, 0.717) is 29.2 Å². The number of nitrogens with zero attached hydrogens (tertiary/aromatic N) is 5. The number of hydrogen-bond acceptors (Lipinski definition) is 7. The Hall–Kier alpha value is -4.47. The predicted molar refractivity (Wildman–Crippen MR) is 156 cm³/mol. The Morgan fingerprint density at radius 2 is 1.88 bits per heavy atom. The van der Waals surface area contributed by atoms with Crippen molar-refractivity contribution in [1.29, 1.82) is 0 Å². The first-order valence-corrected chi connectivity index (χ1v) is 13.9. The van der Waals surface area contributed by atoms with Gasteiger partial charge in [-0.2, -0.15) is 0 Å². The van der Waals surface area contributed by atoms with Crippen molar-refractivity contribution in [2.75, 3.05) is 32.0 Å². The minimum Gasteiger partial charge on any atom is -0.369 e. The summed E-state index contributed by atoms with van der Waals surface area (Å²) in [6, 6.07) is 11.4. The zero-order valence-corrected chi connectivity index (χ0v) is 23.5. The fourth-order valence-electron chi connectivity index (χ4n) is 5.40. The van der Waals surface area contributed by atoms with Gasteiger partial charge < -0.3 is 15.5 Å². The maximum absolute atomic E-state index is 14.4. The van der Waals surface area contributed by atoms with Gasteiger partial charge in [0.25, 0.3) is 5.91 Å². The smallest absolute Gasteiger partial charge is 0.254 e. The van der Waals surface area contributed by atoms with Gasteiger partial charge in [-0.1, -0.05) is 25.1 Å². The number of nitrogens with one attached hydrogen (secondary N) is 2. The molecule has 1 aliphatic heterocycles. The second-order valence-electron chi connectivity index (χ2n) is 10.6. The third kappa shape index (κ3) is 6.32. The first-order chi connectivity index (χ1) is 19.8. The third-order valence-electron chi connectivity index (χ3n) is 7.80. The van der Waals surface area contributed by atoms with Crippen LogP contribution in [-0.4, -0.2) is 63.3 Å². The van der Waals surface area contributed by atoms with Gasteiger partial charge in [0.05, 0.1) is 23.0 Å². The molecule has 0 radical (unpaired) electrons. The van der Waals surface area contributed by atoms with Crippen LogP contribution in [0.5, 0.6) is 0 Å². The molecule has 0 spiro atoms. The fraction of sp³-hybridized carbons (Fsp3) is 0.355. The highest BCUT2D eigenvalue weighted by Gasteiger charge is 2.22. The molecule has 9 nitrogen and oxygen atoms in total. The van der Waals surface area contributed by atoms with Gasteiger partial charge in [-0.15, -0.1) is 0 Å². The Morgan fingerprint density at radius 3 is 2.59 bits per heavy atom. The number of anilines is 1. The molecule has 1 saturated heterocycles. The molecule has 10 heteroatoms. The van der Waals surface area contributed by atoms with Crippen LogP contribution >= 0.6 is 0 Å². The first-order valence-electron chi connectivity index (χ1n) is 13.9. The van der Waals surface area contributed by atoms with Gasteiger partial charge in [0.15, 0.2) is 5.82 Å². The van der Waals surface area contributed by atoms with Crippen LogP contribution in [0.1, 0.15) is 54.2 Å². The SMILES string of the molecule is CNC(=O)c1c(F)cnc2c(C(C)CNc3cc(-c4ccc(CC5CCN(C(C)=O)CC5)nc4)ncn3)cccc12. The Bertz CT molecular complexity index is 1550. The molecule has 0 aliphatic carbocycles. The van der Waals surface area contributed by atoms with Crippen LogP contribution in [0.15, 0.2) is 55.1 Å². The maximum atomic E-state index is 14.4. The van der Waals surface area contributed by atoms with Crippen molar-refractivity contribution < 1.29 is 14.0 Å². The highest BCUT2D eigenvalue weighted by Crippen LogP contribution is 2.28. The second kappa shape index (κ2) is 12.4. The predicted octanol–water partition coefficient (Wildman–Crippen LogP) is 4.60. The van der Waals surface area contributed by atoms with E-state index in [1.165, 1.54) is 13.4 Å². The normalized spacial score (nSPS) is 14.6. The lowest BCUT2D eigenvalue weighted by molar-refractivity contribution is -0.130. The van der Waals surface area contributed by atoms with Crippen LogP contribution in [0.3, 0.4) is 0 Å². The van der Waals surface area contributed by atoms with E-state index < -0.39 is 11.7 Å². The quantitative estimate of drug-likeness (QED) is 0.327. The second-order valence-corrected chi connectivity index (χ2v) is 10.6. The average molecular weight is 556 g/mol. The van der Waals surface area contributed by atoms with E-state index in [4.69, 9.17) is 0 Å². The monoisotopic (exact) mass is 555 g/mol. The summed E-state index contributed by atoms with van der Waals surface area (Å²) in [7, 11) is 1.48. The molecule has 0 bridgehead atoms. The van der Waals surface area contributed by atoms with Gasteiger partial charge in [0, 0.05) is 68.4 Å². The number of pyridine rings is 2. The lowest BCUT2D eigenvalue weighted by Crippen LogP contribution is -2.37. The van der Waals surface area contributed by atoms with Crippen molar-refractivity contribution in [1.82, 2.24) is 30.2 Å². The summed E-state index contributed by atoms with van der Waals surface area (Å²) in [5.41, 5.74) is 4.21. The number of benzene rings is 1. The summed E-state index contributed by atoms with van der Waals surface area (Å²) in [6.45, 7) is 5.86. The van der Waals surface area contributed by atoms with Gasteiger partial charge >= 0.3 is 0 Å². The number of carbonyl (C=O) groups excluding carboxylic acids is 2. The van der Waals surface area contributed by atoms with E-state index in [9.17, 15) is 14.0 Å². The largest absolute Gasteiger partial charge is 0.369 e. The number of aromatic nitrogens is 4. The van der Waals surface area contributed by atoms with Crippen molar-refractivity contribution in [3.63, 3.8) is 0 Å². The van der Waals surface area contributed by atoms with E-state index in [2.05, 4.69) is 30.6 Å². The Kier molecular flexibility index (Phi) is 8.47. The molecule has 4 heterocycles. The summed E-state index contributed by atoms with van der Waals surface area (Å²) in [5, 5.41) is 6.36. The maximum Gasteiger partial charge on any atom is 0.254 e. The average Bonchev–Trinajstić information content (AvgIpc) is 3.00. The Morgan fingerprint density at radius 1 is 1.07 bits per heavy atom. The van der Waals surface area contributed by atoms with Gasteiger partial charge in [-0.25, -0.2) is 14.4 Å². The van der Waals surface area contributed by atoms with Crippen molar-refractivity contribution >= 4 is 28.5 Å². The van der Waals surface area contributed by atoms with Gasteiger partial charge in [-0.05, 0) is 42.9 Å². The zero-order chi connectivity index (χ0) is 28.9. The fourth-order valence-corrected chi connectivity index (χ4v) is 5.40. The molecule has 1 fully saturated rings. The standard InChI is InChI=1S/C31H34FN7O2/c1-19(24-5-4-6-25-29(31(41)33-3)26(32)17-36-30(24)25)15-35-28-14-27(37-18-38-28)22-7-8-23(34-16-22)13-21-9-11-39(12-10-21)20(2)40/h4-8,14,16-19,21H,9-13,15H2,1-3H3,(H,33,41)(H,35,37,38). The Labute approximate surface area is 238 Å². The molecule has 41 heavy (non-hydrogen) atoms. The summed E-state index contributed by atoms with van der Waals surface area (Å²) in [5.74, 6) is 0.226.